The number of benzene rings is 1. The number of rotatable bonds is 5. The summed E-state index contributed by atoms with van der Waals surface area (Å²) in [5.41, 5.74) is 0.708. The van der Waals surface area contributed by atoms with Crippen molar-refractivity contribution in [3.8, 4) is 17.6 Å². The maximum Gasteiger partial charge on any atom is 0.262 e. The van der Waals surface area contributed by atoms with Crippen LogP contribution >= 0.6 is 0 Å². The number of carbonyl (C=O) groups excluding carboxylic acids is 1. The van der Waals surface area contributed by atoms with E-state index in [0.29, 0.717) is 23.0 Å². The number of amides is 1. The summed E-state index contributed by atoms with van der Waals surface area (Å²) in [5, 5.41) is 12.4. The largest absolute Gasteiger partial charge is 0.493 e. The molecule has 0 radical (unpaired) electrons. The zero-order valence-electron chi connectivity index (χ0n) is 14.5. The average Bonchev–Trinajstić information content (AvgIpc) is 2.60. The average molecular weight is 328 g/mol. The Bertz CT molecular complexity index is 661. The molecule has 1 N–H and O–H groups in total. The molecule has 1 amide bonds. The first kappa shape index (κ1) is 17.9. The number of carbonyl (C=O) groups is 1. The number of methoxy groups -OCH3 is 2. The summed E-state index contributed by atoms with van der Waals surface area (Å²) in [6.07, 6.45) is 5.94. The third kappa shape index (κ3) is 4.08. The molecule has 0 unspecified atom stereocenters. The third-order valence-electron chi connectivity index (χ3n) is 4.53. The summed E-state index contributed by atoms with van der Waals surface area (Å²) in [7, 11) is 3.08. The number of hydrogen-bond donors (Lipinski definition) is 1. The van der Waals surface area contributed by atoms with Gasteiger partial charge in [0.15, 0.2) is 11.5 Å². The van der Waals surface area contributed by atoms with Gasteiger partial charge in [-0.3, -0.25) is 4.79 Å². The van der Waals surface area contributed by atoms with Crippen LogP contribution in [-0.2, 0) is 4.79 Å². The van der Waals surface area contributed by atoms with Gasteiger partial charge in [0.25, 0.3) is 5.91 Å². The minimum Gasteiger partial charge on any atom is -0.493 e. The van der Waals surface area contributed by atoms with Crippen molar-refractivity contribution >= 4 is 12.0 Å². The van der Waals surface area contributed by atoms with Crippen LogP contribution < -0.4 is 14.8 Å². The zero-order chi connectivity index (χ0) is 17.5. The Kier molecular flexibility index (Phi) is 6.25. The van der Waals surface area contributed by atoms with Gasteiger partial charge in [-0.05, 0) is 30.9 Å². The molecule has 1 saturated carbocycles. The number of hydrogen-bond acceptors (Lipinski definition) is 4. The van der Waals surface area contributed by atoms with Gasteiger partial charge in [0.1, 0.15) is 11.6 Å². The molecule has 5 nitrogen and oxygen atoms in total. The van der Waals surface area contributed by atoms with E-state index in [1.54, 1.807) is 31.4 Å². The maximum atomic E-state index is 12.5. The van der Waals surface area contributed by atoms with Crippen molar-refractivity contribution in [1.29, 1.82) is 5.26 Å². The minimum atomic E-state index is -0.332. The van der Waals surface area contributed by atoms with Crippen LogP contribution in [0, 0.1) is 17.2 Å². The van der Waals surface area contributed by atoms with E-state index < -0.39 is 0 Å². The van der Waals surface area contributed by atoms with Crippen molar-refractivity contribution in [3.63, 3.8) is 0 Å². The first-order chi connectivity index (χ1) is 11.6. The van der Waals surface area contributed by atoms with Crippen LogP contribution in [0.2, 0.25) is 0 Å². The number of para-hydroxylation sites is 1. The van der Waals surface area contributed by atoms with Crippen molar-refractivity contribution in [2.24, 2.45) is 5.92 Å². The van der Waals surface area contributed by atoms with Crippen LogP contribution in [0.15, 0.2) is 23.8 Å². The lowest BCUT2D eigenvalue weighted by molar-refractivity contribution is -0.118. The normalized spacial score (nSPS) is 20.8. The summed E-state index contributed by atoms with van der Waals surface area (Å²) in [6, 6.07) is 7.48. The van der Waals surface area contributed by atoms with E-state index in [4.69, 9.17) is 9.47 Å². The lowest BCUT2D eigenvalue weighted by Gasteiger charge is -2.29. The van der Waals surface area contributed by atoms with Crippen LogP contribution in [0.25, 0.3) is 6.08 Å². The van der Waals surface area contributed by atoms with Crippen molar-refractivity contribution in [1.82, 2.24) is 5.32 Å². The van der Waals surface area contributed by atoms with Crippen molar-refractivity contribution < 1.29 is 14.3 Å². The fourth-order valence-electron chi connectivity index (χ4n) is 3.11. The highest BCUT2D eigenvalue weighted by Gasteiger charge is 2.24. The van der Waals surface area contributed by atoms with E-state index in [1.807, 2.05) is 6.07 Å². The Morgan fingerprint density at radius 1 is 1.29 bits per heavy atom. The Morgan fingerprint density at radius 3 is 2.67 bits per heavy atom. The summed E-state index contributed by atoms with van der Waals surface area (Å²) in [4.78, 5) is 12.5. The molecule has 0 aliphatic heterocycles. The molecular formula is C19H24N2O3. The summed E-state index contributed by atoms with van der Waals surface area (Å²) in [6.45, 7) is 2.14. The summed E-state index contributed by atoms with van der Waals surface area (Å²) < 4.78 is 10.6. The number of ether oxygens (including phenoxy) is 2. The Morgan fingerprint density at radius 2 is 2.04 bits per heavy atom. The molecule has 1 aromatic rings. The van der Waals surface area contributed by atoms with E-state index in [-0.39, 0.29) is 17.5 Å². The molecule has 128 valence electrons. The van der Waals surface area contributed by atoms with Gasteiger partial charge in [0, 0.05) is 11.6 Å². The van der Waals surface area contributed by atoms with Gasteiger partial charge in [-0.1, -0.05) is 31.9 Å². The molecule has 0 saturated heterocycles. The second-order valence-corrected chi connectivity index (χ2v) is 6.09. The van der Waals surface area contributed by atoms with E-state index >= 15 is 0 Å². The highest BCUT2D eigenvalue weighted by molar-refractivity contribution is 6.02. The van der Waals surface area contributed by atoms with Gasteiger partial charge in [-0.2, -0.15) is 5.26 Å². The standard InChI is InChI=1S/C19H24N2O3/c1-13-7-4-5-9-16(13)21-19(22)15(12-20)11-14-8-6-10-17(23-2)18(14)24-3/h6,8,10-11,13,16H,4-5,7,9H2,1-3H3,(H,21,22)/b15-11+/t13-,16+/m0/s1. The Balaban J connectivity index is 2.23. The topological polar surface area (TPSA) is 71.3 Å². The van der Waals surface area contributed by atoms with E-state index in [2.05, 4.69) is 12.2 Å². The van der Waals surface area contributed by atoms with Gasteiger partial charge in [-0.25, -0.2) is 0 Å². The highest BCUT2D eigenvalue weighted by atomic mass is 16.5. The van der Waals surface area contributed by atoms with Crippen molar-refractivity contribution in [3.05, 3.63) is 29.3 Å². The fraction of sp³-hybridized carbons (Fsp3) is 0.474. The molecule has 1 fully saturated rings. The van der Waals surface area contributed by atoms with Crippen LogP contribution in [0.1, 0.15) is 38.2 Å². The smallest absolute Gasteiger partial charge is 0.262 e. The summed E-state index contributed by atoms with van der Waals surface area (Å²) in [5.74, 6) is 1.17. The van der Waals surface area contributed by atoms with Gasteiger partial charge in [0.2, 0.25) is 0 Å². The molecule has 1 aliphatic carbocycles. The van der Waals surface area contributed by atoms with Crippen LogP contribution in [-0.4, -0.2) is 26.2 Å². The second-order valence-electron chi connectivity index (χ2n) is 6.09. The van der Waals surface area contributed by atoms with Crippen molar-refractivity contribution in [2.45, 2.75) is 38.6 Å². The Labute approximate surface area is 143 Å². The maximum absolute atomic E-state index is 12.5. The number of nitriles is 1. The molecule has 5 heteroatoms. The van der Waals surface area contributed by atoms with Crippen LogP contribution in [0.3, 0.4) is 0 Å². The Hall–Kier alpha value is -2.48. The van der Waals surface area contributed by atoms with Crippen LogP contribution in [0.5, 0.6) is 11.5 Å². The SMILES string of the molecule is COc1cccc(/C=C(\C#N)C(=O)N[C@@H]2CCCC[C@@H]2C)c1OC. The third-order valence-corrected chi connectivity index (χ3v) is 4.53. The van der Waals surface area contributed by atoms with E-state index in [0.717, 1.165) is 19.3 Å². The molecule has 0 aromatic heterocycles. The molecule has 0 heterocycles. The molecule has 2 rings (SSSR count). The van der Waals surface area contributed by atoms with Gasteiger partial charge >= 0.3 is 0 Å². The van der Waals surface area contributed by atoms with Crippen molar-refractivity contribution in [2.75, 3.05) is 14.2 Å². The number of nitrogens with one attached hydrogen (secondary N) is 1. The molecule has 0 spiro atoms. The van der Waals surface area contributed by atoms with Gasteiger partial charge in [0.05, 0.1) is 14.2 Å². The summed E-state index contributed by atoms with van der Waals surface area (Å²) >= 11 is 0. The lowest BCUT2D eigenvalue weighted by Crippen LogP contribution is -2.41. The van der Waals surface area contributed by atoms with Gasteiger partial charge < -0.3 is 14.8 Å². The zero-order valence-corrected chi connectivity index (χ0v) is 14.5. The second kappa shape index (κ2) is 8.39. The van der Waals surface area contributed by atoms with Crippen LogP contribution in [0.4, 0.5) is 0 Å². The van der Waals surface area contributed by atoms with Gasteiger partial charge in [-0.15, -0.1) is 0 Å². The van der Waals surface area contributed by atoms with E-state index in [1.165, 1.54) is 13.5 Å². The fourth-order valence-corrected chi connectivity index (χ4v) is 3.11. The predicted octanol–water partition coefficient (Wildman–Crippen LogP) is 3.31. The predicted molar refractivity (Wildman–Crippen MR) is 92.7 cm³/mol. The highest BCUT2D eigenvalue weighted by Crippen LogP contribution is 2.32. The van der Waals surface area contributed by atoms with E-state index in [9.17, 15) is 10.1 Å². The molecule has 1 aromatic carbocycles. The minimum absolute atomic E-state index is 0.0688. The molecule has 2 atom stereocenters. The first-order valence-electron chi connectivity index (χ1n) is 8.24. The molecule has 1 aliphatic rings. The molecule has 0 bridgehead atoms. The number of nitrogens with zero attached hydrogens (tertiary/aromatic N) is 1. The monoisotopic (exact) mass is 328 g/mol. The first-order valence-corrected chi connectivity index (χ1v) is 8.24. The quantitative estimate of drug-likeness (QED) is 0.665. The molecule has 24 heavy (non-hydrogen) atoms. The lowest BCUT2D eigenvalue weighted by atomic mass is 9.86. The molecular weight excluding hydrogens is 304 g/mol.